The molecule has 1 aromatic heterocycles. The first-order chi connectivity index (χ1) is 10.8. The number of piperidine rings is 1. The SMILES string of the molecule is Cn1c(=O)oc2cc(S(=O)(=O)NCC3(C)CCCNC3)ccc21. The third kappa shape index (κ3) is 3.19. The summed E-state index contributed by atoms with van der Waals surface area (Å²) in [4.78, 5) is 11.6. The highest BCUT2D eigenvalue weighted by molar-refractivity contribution is 7.89. The number of nitrogens with one attached hydrogen (secondary N) is 2. The van der Waals surface area contributed by atoms with Gasteiger partial charge in [-0.3, -0.25) is 4.57 Å². The number of sulfonamides is 1. The quantitative estimate of drug-likeness (QED) is 0.859. The molecule has 1 aliphatic rings. The molecule has 1 atom stereocenters. The van der Waals surface area contributed by atoms with Gasteiger partial charge in [-0.05, 0) is 36.9 Å². The van der Waals surface area contributed by atoms with Crippen molar-refractivity contribution in [1.82, 2.24) is 14.6 Å². The third-order valence-corrected chi connectivity index (χ3v) is 5.85. The van der Waals surface area contributed by atoms with Crippen LogP contribution < -0.4 is 15.8 Å². The van der Waals surface area contributed by atoms with Gasteiger partial charge in [0, 0.05) is 26.2 Å². The molecule has 2 aromatic rings. The summed E-state index contributed by atoms with van der Waals surface area (Å²) in [6, 6.07) is 4.46. The molecule has 23 heavy (non-hydrogen) atoms. The summed E-state index contributed by atoms with van der Waals surface area (Å²) in [6.07, 6.45) is 2.02. The Morgan fingerprint density at radius 2 is 2.22 bits per heavy atom. The van der Waals surface area contributed by atoms with E-state index < -0.39 is 15.8 Å². The van der Waals surface area contributed by atoms with Crippen LogP contribution in [0.15, 0.2) is 32.3 Å². The van der Waals surface area contributed by atoms with Gasteiger partial charge in [0.1, 0.15) is 0 Å². The number of fused-ring (bicyclic) bond motifs is 1. The highest BCUT2D eigenvalue weighted by atomic mass is 32.2. The molecule has 0 bridgehead atoms. The van der Waals surface area contributed by atoms with Crippen LogP contribution in [0.1, 0.15) is 19.8 Å². The number of oxazole rings is 1. The van der Waals surface area contributed by atoms with E-state index in [0.717, 1.165) is 25.9 Å². The number of aryl methyl sites for hydroxylation is 1. The maximum atomic E-state index is 12.5. The van der Waals surface area contributed by atoms with Gasteiger partial charge in [0.15, 0.2) is 5.58 Å². The topological polar surface area (TPSA) is 93.3 Å². The van der Waals surface area contributed by atoms with Gasteiger partial charge in [-0.15, -0.1) is 0 Å². The minimum Gasteiger partial charge on any atom is -0.408 e. The van der Waals surface area contributed by atoms with Crippen molar-refractivity contribution >= 4 is 21.1 Å². The van der Waals surface area contributed by atoms with Crippen LogP contribution in [0, 0.1) is 5.41 Å². The predicted molar refractivity (Wildman–Crippen MR) is 86.9 cm³/mol. The lowest BCUT2D eigenvalue weighted by Crippen LogP contribution is -2.45. The molecule has 1 aliphatic heterocycles. The zero-order valence-corrected chi connectivity index (χ0v) is 14.1. The van der Waals surface area contributed by atoms with E-state index in [1.807, 2.05) is 0 Å². The minimum absolute atomic E-state index is 0.0886. The van der Waals surface area contributed by atoms with Crippen LogP contribution in [-0.4, -0.2) is 32.6 Å². The van der Waals surface area contributed by atoms with Gasteiger partial charge in [0.25, 0.3) is 0 Å². The van der Waals surface area contributed by atoms with Gasteiger partial charge in [-0.2, -0.15) is 0 Å². The van der Waals surface area contributed by atoms with Gasteiger partial charge in [0.2, 0.25) is 10.0 Å². The summed E-state index contributed by atoms with van der Waals surface area (Å²) >= 11 is 0. The van der Waals surface area contributed by atoms with E-state index in [1.165, 1.54) is 16.7 Å². The summed E-state index contributed by atoms with van der Waals surface area (Å²) in [5, 5.41) is 3.30. The Hall–Kier alpha value is -1.64. The highest BCUT2D eigenvalue weighted by Crippen LogP contribution is 2.25. The van der Waals surface area contributed by atoms with Crippen molar-refractivity contribution in [2.24, 2.45) is 12.5 Å². The molecule has 126 valence electrons. The molecule has 2 N–H and O–H groups in total. The summed E-state index contributed by atoms with van der Waals surface area (Å²) in [5.74, 6) is -0.511. The summed E-state index contributed by atoms with van der Waals surface area (Å²) in [7, 11) is -2.06. The molecule has 3 rings (SSSR count). The van der Waals surface area contributed by atoms with Crippen LogP contribution in [0.3, 0.4) is 0 Å². The van der Waals surface area contributed by atoms with Crippen molar-refractivity contribution in [3.63, 3.8) is 0 Å². The Bertz CT molecular complexity index is 876. The second kappa shape index (κ2) is 5.77. The van der Waals surface area contributed by atoms with Crippen LogP contribution >= 0.6 is 0 Å². The number of rotatable bonds is 4. The number of benzene rings is 1. The molecule has 0 radical (unpaired) electrons. The van der Waals surface area contributed by atoms with Crippen molar-refractivity contribution in [2.75, 3.05) is 19.6 Å². The molecule has 1 saturated heterocycles. The van der Waals surface area contributed by atoms with Crippen molar-refractivity contribution in [2.45, 2.75) is 24.7 Å². The van der Waals surface area contributed by atoms with Gasteiger partial charge < -0.3 is 9.73 Å². The second-order valence-corrected chi connectivity index (χ2v) is 8.24. The van der Waals surface area contributed by atoms with Crippen molar-refractivity contribution in [3.05, 3.63) is 28.7 Å². The normalized spacial score (nSPS) is 22.5. The lowest BCUT2D eigenvalue weighted by Gasteiger charge is -2.34. The number of aromatic nitrogens is 1. The zero-order valence-electron chi connectivity index (χ0n) is 13.3. The van der Waals surface area contributed by atoms with E-state index >= 15 is 0 Å². The monoisotopic (exact) mass is 339 g/mol. The lowest BCUT2D eigenvalue weighted by molar-refractivity contribution is 0.238. The van der Waals surface area contributed by atoms with Gasteiger partial charge >= 0.3 is 5.76 Å². The fourth-order valence-corrected chi connectivity index (χ4v) is 4.12. The Balaban J connectivity index is 1.83. The van der Waals surface area contributed by atoms with E-state index in [0.29, 0.717) is 12.1 Å². The molecule has 0 amide bonds. The van der Waals surface area contributed by atoms with Gasteiger partial charge in [-0.25, -0.2) is 17.9 Å². The largest absolute Gasteiger partial charge is 0.419 e. The Labute approximate surface area is 134 Å². The van der Waals surface area contributed by atoms with Crippen LogP contribution in [0.2, 0.25) is 0 Å². The molecule has 0 spiro atoms. The van der Waals surface area contributed by atoms with Crippen LogP contribution in [0.5, 0.6) is 0 Å². The molecular weight excluding hydrogens is 318 g/mol. The summed E-state index contributed by atoms with van der Waals surface area (Å²) < 4.78 is 34.1. The average Bonchev–Trinajstić information content (AvgIpc) is 2.81. The molecule has 0 saturated carbocycles. The van der Waals surface area contributed by atoms with Crippen LogP contribution in [-0.2, 0) is 17.1 Å². The minimum atomic E-state index is -3.64. The lowest BCUT2D eigenvalue weighted by atomic mass is 9.83. The molecule has 1 aromatic carbocycles. The van der Waals surface area contributed by atoms with Crippen molar-refractivity contribution in [3.8, 4) is 0 Å². The first kappa shape index (κ1) is 16.2. The van der Waals surface area contributed by atoms with E-state index in [1.54, 1.807) is 13.1 Å². The smallest absolute Gasteiger partial charge is 0.408 e. The first-order valence-corrected chi connectivity index (χ1v) is 9.09. The highest BCUT2D eigenvalue weighted by Gasteiger charge is 2.29. The average molecular weight is 339 g/mol. The third-order valence-electron chi connectivity index (χ3n) is 4.45. The van der Waals surface area contributed by atoms with Gasteiger partial charge in [-0.1, -0.05) is 6.92 Å². The second-order valence-electron chi connectivity index (χ2n) is 6.47. The zero-order chi connectivity index (χ0) is 16.7. The molecule has 0 aliphatic carbocycles. The maximum absolute atomic E-state index is 12.5. The summed E-state index contributed by atoms with van der Waals surface area (Å²) in [5.41, 5.74) is 0.748. The molecular formula is C15H21N3O4S. The van der Waals surface area contributed by atoms with E-state index in [4.69, 9.17) is 4.42 Å². The summed E-state index contributed by atoms with van der Waals surface area (Å²) in [6.45, 7) is 4.22. The van der Waals surface area contributed by atoms with Crippen LogP contribution in [0.4, 0.5) is 0 Å². The maximum Gasteiger partial charge on any atom is 0.419 e. The molecule has 8 heteroatoms. The first-order valence-electron chi connectivity index (χ1n) is 7.61. The van der Waals surface area contributed by atoms with Crippen molar-refractivity contribution in [1.29, 1.82) is 0 Å². The number of hydrogen-bond acceptors (Lipinski definition) is 5. The molecule has 1 fully saturated rings. The Morgan fingerprint density at radius 3 is 2.91 bits per heavy atom. The van der Waals surface area contributed by atoms with Crippen molar-refractivity contribution < 1.29 is 12.8 Å². The number of nitrogens with zero attached hydrogens (tertiary/aromatic N) is 1. The molecule has 1 unspecified atom stereocenters. The molecule has 2 heterocycles. The van der Waals surface area contributed by atoms with Gasteiger partial charge in [0.05, 0.1) is 10.4 Å². The standard InChI is InChI=1S/C15H21N3O4S/c1-15(6-3-7-16-9-15)10-17-23(20,21)11-4-5-12-13(8-11)22-14(19)18(12)2/h4-5,8,16-17H,3,6-7,9-10H2,1-2H3. The van der Waals surface area contributed by atoms with Crippen LogP contribution in [0.25, 0.3) is 11.1 Å². The predicted octanol–water partition coefficient (Wildman–Crippen LogP) is 0.799. The van der Waals surface area contributed by atoms with E-state index in [2.05, 4.69) is 17.0 Å². The Kier molecular flexibility index (Phi) is 4.07. The molecule has 7 nitrogen and oxygen atoms in total. The van der Waals surface area contributed by atoms with E-state index in [-0.39, 0.29) is 15.9 Å². The number of hydrogen-bond donors (Lipinski definition) is 2. The fourth-order valence-electron chi connectivity index (χ4n) is 2.90. The Morgan fingerprint density at radius 1 is 1.43 bits per heavy atom. The fraction of sp³-hybridized carbons (Fsp3) is 0.533. The van der Waals surface area contributed by atoms with E-state index in [9.17, 15) is 13.2 Å².